The molecule has 2 N–H and O–H groups in total. The maximum absolute atomic E-state index is 11.5. The zero-order valence-electron chi connectivity index (χ0n) is 10.9. The van der Waals surface area contributed by atoms with E-state index < -0.39 is 28.1 Å². The Hall–Kier alpha value is -1.19. The molecule has 1 unspecified atom stereocenters. The smallest absolute Gasteiger partial charge is 0.306 e. The van der Waals surface area contributed by atoms with Crippen LogP contribution in [0.1, 0.15) is 19.3 Å². The number of methoxy groups -OCH3 is 2. The third-order valence-corrected chi connectivity index (χ3v) is 3.72. The monoisotopic (exact) mass is 297 g/mol. The molecule has 8 nitrogen and oxygen atoms in total. The number of hydrogen-bond acceptors (Lipinski definition) is 6. The predicted molar refractivity (Wildman–Crippen MR) is 66.1 cm³/mol. The summed E-state index contributed by atoms with van der Waals surface area (Å²) in [6, 6.07) is 0. The Morgan fingerprint density at radius 3 is 2.42 bits per heavy atom. The van der Waals surface area contributed by atoms with E-state index in [0.29, 0.717) is 0 Å². The number of sulfonamides is 1. The van der Waals surface area contributed by atoms with Crippen molar-refractivity contribution >= 4 is 22.0 Å². The van der Waals surface area contributed by atoms with Crippen molar-refractivity contribution in [3.05, 3.63) is 0 Å². The molecule has 1 atom stereocenters. The van der Waals surface area contributed by atoms with Gasteiger partial charge < -0.3 is 14.6 Å². The molecule has 0 heterocycles. The minimum absolute atomic E-state index is 0.0141. The van der Waals surface area contributed by atoms with E-state index in [2.05, 4.69) is 9.46 Å². The van der Waals surface area contributed by atoms with E-state index in [1.54, 1.807) is 0 Å². The molecule has 0 aromatic heterocycles. The molecule has 0 spiro atoms. The van der Waals surface area contributed by atoms with Crippen LogP contribution in [0.25, 0.3) is 0 Å². The summed E-state index contributed by atoms with van der Waals surface area (Å²) in [6.07, 6.45) is -0.868. The van der Waals surface area contributed by atoms with Crippen molar-refractivity contribution < 1.29 is 32.6 Å². The normalized spacial score (nSPS) is 12.9. The number of carbonyl (C=O) groups excluding carboxylic acids is 1. The summed E-state index contributed by atoms with van der Waals surface area (Å²) in [5, 5.41) is 8.57. The second-order valence-corrected chi connectivity index (χ2v) is 5.73. The third kappa shape index (κ3) is 9.40. The molecular formula is C10H19NO7S. The number of aliphatic carboxylic acids is 1. The Balaban J connectivity index is 4.08. The molecule has 0 saturated heterocycles. The van der Waals surface area contributed by atoms with E-state index in [-0.39, 0.29) is 31.6 Å². The first-order valence-electron chi connectivity index (χ1n) is 5.59. The van der Waals surface area contributed by atoms with Crippen LogP contribution in [-0.4, -0.2) is 58.1 Å². The van der Waals surface area contributed by atoms with E-state index in [1.165, 1.54) is 14.2 Å². The molecule has 0 aromatic carbocycles. The fraction of sp³-hybridized carbons (Fsp3) is 0.800. The second-order valence-electron chi connectivity index (χ2n) is 3.80. The highest BCUT2D eigenvalue weighted by Crippen LogP contribution is 2.00. The molecule has 112 valence electrons. The Bertz CT molecular complexity index is 393. The molecular weight excluding hydrogens is 278 g/mol. The molecule has 19 heavy (non-hydrogen) atoms. The number of carbonyl (C=O) groups is 2. The van der Waals surface area contributed by atoms with E-state index >= 15 is 0 Å². The van der Waals surface area contributed by atoms with Crippen LogP contribution < -0.4 is 4.72 Å². The molecule has 0 amide bonds. The van der Waals surface area contributed by atoms with E-state index in [9.17, 15) is 18.0 Å². The van der Waals surface area contributed by atoms with Gasteiger partial charge in [0, 0.05) is 20.1 Å². The Kier molecular flexibility index (Phi) is 8.28. The predicted octanol–water partition coefficient (Wildman–Crippen LogP) is -0.651. The van der Waals surface area contributed by atoms with Gasteiger partial charge in [-0.1, -0.05) is 0 Å². The van der Waals surface area contributed by atoms with Crippen molar-refractivity contribution in [1.29, 1.82) is 0 Å². The average Bonchev–Trinajstić information content (AvgIpc) is 2.33. The van der Waals surface area contributed by atoms with E-state index in [4.69, 9.17) is 9.84 Å². The van der Waals surface area contributed by atoms with Crippen LogP contribution in [0.2, 0.25) is 0 Å². The van der Waals surface area contributed by atoms with Crippen LogP contribution in [-0.2, 0) is 29.1 Å². The van der Waals surface area contributed by atoms with Crippen LogP contribution in [0, 0.1) is 0 Å². The first kappa shape index (κ1) is 17.8. The molecule has 9 heteroatoms. The topological polar surface area (TPSA) is 119 Å². The molecule has 0 aliphatic carbocycles. The van der Waals surface area contributed by atoms with Crippen molar-refractivity contribution in [3.63, 3.8) is 0 Å². The molecule has 0 aliphatic rings. The lowest BCUT2D eigenvalue weighted by Crippen LogP contribution is -2.35. The van der Waals surface area contributed by atoms with E-state index in [1.807, 2.05) is 0 Å². The molecule has 0 rings (SSSR count). The lowest BCUT2D eigenvalue weighted by atomic mass is 10.2. The van der Waals surface area contributed by atoms with Gasteiger partial charge in [0.25, 0.3) is 0 Å². The van der Waals surface area contributed by atoms with Gasteiger partial charge >= 0.3 is 11.9 Å². The molecule has 0 fully saturated rings. The standard InChI is InChI=1S/C10H19NO7S/c1-17-8(6-9(12)13)7-11-19(15,16)5-3-4-10(14)18-2/h8,11H,3-7H2,1-2H3,(H,12,13). The molecule has 0 aromatic rings. The molecule has 0 radical (unpaired) electrons. The number of hydrogen-bond donors (Lipinski definition) is 2. The van der Waals surface area contributed by atoms with Crippen LogP contribution in [0.3, 0.4) is 0 Å². The highest BCUT2D eigenvalue weighted by Gasteiger charge is 2.17. The fourth-order valence-electron chi connectivity index (χ4n) is 1.23. The Morgan fingerprint density at radius 2 is 1.95 bits per heavy atom. The maximum atomic E-state index is 11.5. The van der Waals surface area contributed by atoms with Crippen molar-refractivity contribution in [1.82, 2.24) is 4.72 Å². The van der Waals surface area contributed by atoms with Crippen molar-refractivity contribution in [2.24, 2.45) is 0 Å². The fourth-order valence-corrected chi connectivity index (χ4v) is 2.34. The van der Waals surface area contributed by atoms with Crippen LogP contribution in [0.4, 0.5) is 0 Å². The summed E-state index contributed by atoms with van der Waals surface area (Å²) in [6.45, 7) is -0.122. The number of carboxylic acids is 1. The maximum Gasteiger partial charge on any atom is 0.306 e. The first-order chi connectivity index (χ1) is 8.80. The van der Waals surface area contributed by atoms with Gasteiger partial charge in [0.1, 0.15) is 0 Å². The van der Waals surface area contributed by atoms with Gasteiger partial charge in [-0.05, 0) is 6.42 Å². The minimum Gasteiger partial charge on any atom is -0.481 e. The van der Waals surface area contributed by atoms with Gasteiger partial charge in [-0.2, -0.15) is 0 Å². The van der Waals surface area contributed by atoms with E-state index in [0.717, 1.165) is 0 Å². The largest absolute Gasteiger partial charge is 0.481 e. The van der Waals surface area contributed by atoms with Crippen molar-refractivity contribution in [2.45, 2.75) is 25.4 Å². The van der Waals surface area contributed by atoms with Gasteiger partial charge in [-0.3, -0.25) is 9.59 Å². The Labute approximate surface area is 112 Å². The number of esters is 1. The lowest BCUT2D eigenvalue weighted by molar-refractivity contribution is -0.141. The van der Waals surface area contributed by atoms with Gasteiger partial charge in [-0.25, -0.2) is 13.1 Å². The van der Waals surface area contributed by atoms with Crippen LogP contribution in [0.15, 0.2) is 0 Å². The summed E-state index contributed by atoms with van der Waals surface area (Å²) in [5.74, 6) is -1.78. The quantitative estimate of drug-likeness (QED) is 0.514. The van der Waals surface area contributed by atoms with Gasteiger partial charge in [0.05, 0.1) is 25.4 Å². The molecule has 0 bridgehead atoms. The van der Waals surface area contributed by atoms with Gasteiger partial charge in [0.2, 0.25) is 10.0 Å². The zero-order valence-corrected chi connectivity index (χ0v) is 11.7. The third-order valence-electron chi connectivity index (χ3n) is 2.29. The lowest BCUT2D eigenvalue weighted by Gasteiger charge is -2.14. The molecule has 0 aliphatic heterocycles. The number of nitrogens with one attached hydrogen (secondary N) is 1. The summed E-state index contributed by atoms with van der Waals surface area (Å²) >= 11 is 0. The summed E-state index contributed by atoms with van der Waals surface area (Å²) in [4.78, 5) is 21.3. The Morgan fingerprint density at radius 1 is 1.32 bits per heavy atom. The zero-order chi connectivity index (χ0) is 14.9. The average molecular weight is 297 g/mol. The molecule has 0 saturated carbocycles. The first-order valence-corrected chi connectivity index (χ1v) is 7.24. The highest BCUT2D eigenvalue weighted by atomic mass is 32.2. The summed E-state index contributed by atoms with van der Waals surface area (Å²) < 4.78 is 34.5. The minimum atomic E-state index is -3.56. The number of ether oxygens (including phenoxy) is 2. The van der Waals surface area contributed by atoms with Crippen LogP contribution in [0.5, 0.6) is 0 Å². The summed E-state index contributed by atoms with van der Waals surface area (Å²) in [7, 11) is -1.03. The number of carboxylic acid groups (broad SMARTS) is 1. The number of rotatable bonds is 10. The SMILES string of the molecule is COC(=O)CCCS(=O)(=O)NCC(CC(=O)O)OC. The van der Waals surface area contributed by atoms with Gasteiger partial charge in [-0.15, -0.1) is 0 Å². The van der Waals surface area contributed by atoms with Crippen LogP contribution >= 0.6 is 0 Å². The van der Waals surface area contributed by atoms with Gasteiger partial charge in [0.15, 0.2) is 0 Å². The van der Waals surface area contributed by atoms with Crippen molar-refractivity contribution in [2.75, 3.05) is 26.5 Å². The summed E-state index contributed by atoms with van der Waals surface area (Å²) in [5.41, 5.74) is 0. The second kappa shape index (κ2) is 8.83. The van der Waals surface area contributed by atoms with Crippen molar-refractivity contribution in [3.8, 4) is 0 Å². The highest BCUT2D eigenvalue weighted by molar-refractivity contribution is 7.89.